The maximum absolute atomic E-state index is 5.35. The summed E-state index contributed by atoms with van der Waals surface area (Å²) in [7, 11) is 0. The highest BCUT2D eigenvalue weighted by Crippen LogP contribution is 2.09. The van der Waals surface area contributed by atoms with Gasteiger partial charge in [0.2, 0.25) is 0 Å². The van der Waals surface area contributed by atoms with Crippen molar-refractivity contribution in [1.29, 1.82) is 0 Å². The molecule has 0 N–H and O–H groups in total. The molecule has 0 saturated heterocycles. The first-order valence-corrected chi connectivity index (χ1v) is 5.83. The number of ether oxygens (including phenoxy) is 1. The molecule has 92 valence electrons. The third-order valence-electron chi connectivity index (χ3n) is 2.31. The summed E-state index contributed by atoms with van der Waals surface area (Å²) in [4.78, 5) is 0. The molecule has 1 rings (SSSR count). The lowest BCUT2D eigenvalue weighted by Gasteiger charge is -2.13. The Labute approximate surface area is 103 Å². The molecule has 0 heterocycles. The van der Waals surface area contributed by atoms with Gasteiger partial charge in [0.1, 0.15) is 0 Å². The van der Waals surface area contributed by atoms with Crippen molar-refractivity contribution in [3.8, 4) is 0 Å². The minimum Gasteiger partial charge on any atom is -0.377 e. The largest absolute Gasteiger partial charge is 0.377 e. The Morgan fingerprint density at radius 1 is 1.29 bits per heavy atom. The molecule has 0 atom stereocenters. The first kappa shape index (κ1) is 13.5. The van der Waals surface area contributed by atoms with Crippen molar-refractivity contribution in [2.24, 2.45) is 5.10 Å². The molecule has 0 aliphatic rings. The highest BCUT2D eigenvalue weighted by atomic mass is 16.5. The second-order valence-corrected chi connectivity index (χ2v) is 3.61. The van der Waals surface area contributed by atoms with E-state index in [1.54, 1.807) is 17.4 Å². The topological polar surface area (TPSA) is 24.8 Å². The van der Waals surface area contributed by atoms with Crippen LogP contribution in [0.4, 0.5) is 0 Å². The summed E-state index contributed by atoms with van der Waals surface area (Å²) < 4.78 is 5.35. The molecule has 0 bridgehead atoms. The molecule has 1 aromatic carbocycles. The van der Waals surface area contributed by atoms with E-state index in [9.17, 15) is 0 Å². The zero-order valence-corrected chi connectivity index (χ0v) is 10.6. The normalized spacial score (nSPS) is 10.7. The monoisotopic (exact) mass is 232 g/mol. The number of hydrogen-bond donors (Lipinski definition) is 0. The van der Waals surface area contributed by atoms with E-state index in [4.69, 9.17) is 4.74 Å². The lowest BCUT2D eigenvalue weighted by molar-refractivity contribution is 0.134. The van der Waals surface area contributed by atoms with Gasteiger partial charge in [-0.2, -0.15) is 5.10 Å². The SMILES string of the molecule is C=CN(Cc1ccc(COCC)cc1)/N=C\C. The Hall–Kier alpha value is -1.61. The summed E-state index contributed by atoms with van der Waals surface area (Å²) >= 11 is 0. The minimum absolute atomic E-state index is 0.676. The van der Waals surface area contributed by atoms with Crippen LogP contribution in [0.15, 0.2) is 42.1 Å². The smallest absolute Gasteiger partial charge is 0.0716 e. The fourth-order valence-corrected chi connectivity index (χ4v) is 1.45. The van der Waals surface area contributed by atoms with Crippen molar-refractivity contribution in [2.75, 3.05) is 6.61 Å². The highest BCUT2D eigenvalue weighted by molar-refractivity contribution is 5.52. The van der Waals surface area contributed by atoms with Crippen molar-refractivity contribution in [2.45, 2.75) is 27.0 Å². The molecule has 0 radical (unpaired) electrons. The fraction of sp³-hybridized carbons (Fsp3) is 0.357. The lowest BCUT2D eigenvalue weighted by Crippen LogP contribution is -2.08. The standard InChI is InChI=1S/C14H20N2O/c1-4-15-16(5-2)11-13-7-9-14(10-8-13)12-17-6-3/h4-5,7-10H,2,6,11-12H2,1,3H3/b15-4-. The van der Waals surface area contributed by atoms with Gasteiger partial charge in [0, 0.05) is 19.0 Å². The fourth-order valence-electron chi connectivity index (χ4n) is 1.45. The molecule has 0 unspecified atom stereocenters. The summed E-state index contributed by atoms with van der Waals surface area (Å²) in [5, 5.41) is 5.98. The van der Waals surface area contributed by atoms with Crippen LogP contribution in [0.2, 0.25) is 0 Å². The quantitative estimate of drug-likeness (QED) is 0.533. The summed E-state index contributed by atoms with van der Waals surface area (Å²) in [6.45, 7) is 9.78. The molecular formula is C14H20N2O. The molecule has 3 nitrogen and oxygen atoms in total. The number of hydrogen-bond acceptors (Lipinski definition) is 3. The molecule has 0 saturated carbocycles. The summed E-state index contributed by atoms with van der Waals surface area (Å²) in [5.41, 5.74) is 2.40. The van der Waals surface area contributed by atoms with Gasteiger partial charge >= 0.3 is 0 Å². The molecule has 0 spiro atoms. The zero-order chi connectivity index (χ0) is 12.5. The van der Waals surface area contributed by atoms with Gasteiger partial charge in [-0.1, -0.05) is 30.8 Å². The molecule has 17 heavy (non-hydrogen) atoms. The van der Waals surface area contributed by atoms with Crippen LogP contribution in [0.25, 0.3) is 0 Å². The highest BCUT2D eigenvalue weighted by Gasteiger charge is 1.98. The summed E-state index contributed by atoms with van der Waals surface area (Å²) in [6, 6.07) is 8.36. The Kier molecular flexibility index (Phi) is 6.04. The molecule has 0 aliphatic heterocycles. The van der Waals surface area contributed by atoms with Gasteiger partial charge in [-0.05, 0) is 25.0 Å². The predicted molar refractivity (Wildman–Crippen MR) is 71.7 cm³/mol. The van der Waals surface area contributed by atoms with Crippen LogP contribution in [0.3, 0.4) is 0 Å². The molecule has 1 aromatic rings. The van der Waals surface area contributed by atoms with Gasteiger partial charge < -0.3 is 4.74 Å². The van der Waals surface area contributed by atoms with Crippen LogP contribution in [-0.4, -0.2) is 17.8 Å². The Bertz CT molecular complexity index is 357. The Balaban J connectivity index is 2.57. The van der Waals surface area contributed by atoms with Gasteiger partial charge in [-0.15, -0.1) is 0 Å². The van der Waals surface area contributed by atoms with E-state index in [1.807, 2.05) is 13.8 Å². The van der Waals surface area contributed by atoms with Crippen molar-refractivity contribution in [3.63, 3.8) is 0 Å². The van der Waals surface area contributed by atoms with Gasteiger partial charge in [-0.3, -0.25) is 5.01 Å². The second kappa shape index (κ2) is 7.63. The van der Waals surface area contributed by atoms with E-state index in [-0.39, 0.29) is 0 Å². The Morgan fingerprint density at radius 2 is 1.94 bits per heavy atom. The van der Waals surface area contributed by atoms with Crippen molar-refractivity contribution in [3.05, 3.63) is 48.2 Å². The predicted octanol–water partition coefficient (Wildman–Crippen LogP) is 3.17. The van der Waals surface area contributed by atoms with E-state index in [1.165, 1.54) is 11.1 Å². The third-order valence-corrected chi connectivity index (χ3v) is 2.31. The Morgan fingerprint density at radius 3 is 2.47 bits per heavy atom. The van der Waals surface area contributed by atoms with Crippen LogP contribution < -0.4 is 0 Å². The molecule has 0 amide bonds. The maximum Gasteiger partial charge on any atom is 0.0716 e. The molecule has 0 aliphatic carbocycles. The molecule has 0 aromatic heterocycles. The minimum atomic E-state index is 0.676. The van der Waals surface area contributed by atoms with Gasteiger partial charge in [0.25, 0.3) is 0 Å². The van der Waals surface area contributed by atoms with Crippen LogP contribution in [0.5, 0.6) is 0 Å². The number of rotatable bonds is 7. The molecule has 0 fully saturated rings. The van der Waals surface area contributed by atoms with Gasteiger partial charge in [0.15, 0.2) is 0 Å². The second-order valence-electron chi connectivity index (χ2n) is 3.61. The van der Waals surface area contributed by atoms with Crippen molar-refractivity contribution >= 4 is 6.21 Å². The molecule has 3 heteroatoms. The van der Waals surface area contributed by atoms with E-state index in [2.05, 4.69) is 35.9 Å². The maximum atomic E-state index is 5.35. The number of nitrogens with zero attached hydrogens (tertiary/aromatic N) is 2. The van der Waals surface area contributed by atoms with Crippen LogP contribution >= 0.6 is 0 Å². The average molecular weight is 232 g/mol. The molecular weight excluding hydrogens is 212 g/mol. The van der Waals surface area contributed by atoms with E-state index < -0.39 is 0 Å². The summed E-state index contributed by atoms with van der Waals surface area (Å²) in [5.74, 6) is 0. The van der Waals surface area contributed by atoms with Crippen LogP contribution in [0, 0.1) is 0 Å². The summed E-state index contributed by atoms with van der Waals surface area (Å²) in [6.07, 6.45) is 3.47. The zero-order valence-electron chi connectivity index (χ0n) is 10.6. The van der Waals surface area contributed by atoms with Crippen LogP contribution in [0.1, 0.15) is 25.0 Å². The number of benzene rings is 1. The van der Waals surface area contributed by atoms with Crippen molar-refractivity contribution < 1.29 is 4.74 Å². The number of hydrazone groups is 1. The van der Waals surface area contributed by atoms with Crippen molar-refractivity contribution in [1.82, 2.24) is 5.01 Å². The van der Waals surface area contributed by atoms with E-state index in [0.29, 0.717) is 6.61 Å². The van der Waals surface area contributed by atoms with E-state index >= 15 is 0 Å². The van der Waals surface area contributed by atoms with E-state index in [0.717, 1.165) is 13.2 Å². The van der Waals surface area contributed by atoms with Gasteiger partial charge in [-0.25, -0.2) is 0 Å². The first-order chi connectivity index (χ1) is 8.30. The van der Waals surface area contributed by atoms with Gasteiger partial charge in [0.05, 0.1) is 13.2 Å². The lowest BCUT2D eigenvalue weighted by atomic mass is 10.1. The average Bonchev–Trinajstić information content (AvgIpc) is 2.37. The first-order valence-electron chi connectivity index (χ1n) is 5.83. The third kappa shape index (κ3) is 4.83. The van der Waals surface area contributed by atoms with Crippen LogP contribution in [-0.2, 0) is 17.9 Å².